The summed E-state index contributed by atoms with van der Waals surface area (Å²) < 4.78 is 18.9. The number of nitrogens with one attached hydrogen (secondary N) is 2. The van der Waals surface area contributed by atoms with Gasteiger partial charge in [0.1, 0.15) is 11.6 Å². The van der Waals surface area contributed by atoms with E-state index in [1.54, 1.807) is 37.4 Å². The maximum atomic E-state index is 13.6. The Labute approximate surface area is 175 Å². The van der Waals surface area contributed by atoms with Gasteiger partial charge in [0.2, 0.25) is 11.8 Å². The predicted octanol–water partition coefficient (Wildman–Crippen LogP) is 2.55. The number of anilines is 2. The van der Waals surface area contributed by atoms with Gasteiger partial charge < -0.3 is 15.4 Å². The third-order valence-electron chi connectivity index (χ3n) is 4.96. The number of methoxy groups -OCH3 is 1. The Morgan fingerprint density at radius 3 is 2.17 bits per heavy atom. The van der Waals surface area contributed by atoms with Crippen LogP contribution in [-0.4, -0.2) is 61.4 Å². The number of rotatable bonds is 7. The van der Waals surface area contributed by atoms with Crippen LogP contribution in [0.15, 0.2) is 42.5 Å². The van der Waals surface area contributed by atoms with E-state index in [2.05, 4.69) is 20.4 Å². The fraction of sp³-hybridized carbons (Fsp3) is 0.364. The molecular weight excluding hydrogens is 387 g/mol. The van der Waals surface area contributed by atoms with Crippen molar-refractivity contribution in [1.82, 2.24) is 9.80 Å². The summed E-state index contributed by atoms with van der Waals surface area (Å²) in [7, 11) is 1.58. The molecule has 0 unspecified atom stereocenters. The molecule has 2 amide bonds. The van der Waals surface area contributed by atoms with Gasteiger partial charge in [-0.2, -0.15) is 0 Å². The highest BCUT2D eigenvalue weighted by molar-refractivity contribution is 5.93. The maximum absolute atomic E-state index is 13.6. The fourth-order valence-electron chi connectivity index (χ4n) is 3.46. The minimum absolute atomic E-state index is 0.0810. The molecule has 7 nitrogen and oxygen atoms in total. The maximum Gasteiger partial charge on any atom is 0.238 e. The molecule has 8 heteroatoms. The summed E-state index contributed by atoms with van der Waals surface area (Å²) in [5, 5.41) is 5.57. The number of ether oxygens (including phenoxy) is 1. The normalized spacial score (nSPS) is 14.9. The molecular formula is C22H27FN4O3. The van der Waals surface area contributed by atoms with E-state index in [1.165, 1.54) is 19.1 Å². The second-order valence-electron chi connectivity index (χ2n) is 7.32. The lowest BCUT2D eigenvalue weighted by atomic mass is 10.1. The van der Waals surface area contributed by atoms with Crippen LogP contribution in [0.3, 0.4) is 0 Å². The van der Waals surface area contributed by atoms with Crippen LogP contribution in [0.25, 0.3) is 0 Å². The summed E-state index contributed by atoms with van der Waals surface area (Å²) in [5.74, 6) is 0.193. The minimum Gasteiger partial charge on any atom is -0.496 e. The number of hydrogen-bond donors (Lipinski definition) is 2. The lowest BCUT2D eigenvalue weighted by Crippen LogP contribution is -2.48. The van der Waals surface area contributed by atoms with Crippen LogP contribution in [-0.2, 0) is 16.1 Å². The van der Waals surface area contributed by atoms with Crippen LogP contribution in [0.1, 0.15) is 12.5 Å². The van der Waals surface area contributed by atoms with Crippen LogP contribution in [0.4, 0.5) is 15.8 Å². The minimum atomic E-state index is -0.272. The highest BCUT2D eigenvalue weighted by atomic mass is 19.1. The van der Waals surface area contributed by atoms with Gasteiger partial charge in [0.05, 0.1) is 13.7 Å². The van der Waals surface area contributed by atoms with Crippen LogP contribution >= 0.6 is 0 Å². The lowest BCUT2D eigenvalue weighted by molar-refractivity contribution is -0.117. The van der Waals surface area contributed by atoms with Gasteiger partial charge in [-0.15, -0.1) is 0 Å². The Kier molecular flexibility index (Phi) is 7.37. The summed E-state index contributed by atoms with van der Waals surface area (Å²) in [6.45, 7) is 5.46. The van der Waals surface area contributed by atoms with Crippen LogP contribution in [0.2, 0.25) is 0 Å². The van der Waals surface area contributed by atoms with E-state index in [9.17, 15) is 14.0 Å². The van der Waals surface area contributed by atoms with Crippen molar-refractivity contribution in [2.75, 3.05) is 50.5 Å². The summed E-state index contributed by atoms with van der Waals surface area (Å²) in [5.41, 5.74) is 2.20. The van der Waals surface area contributed by atoms with Crippen LogP contribution < -0.4 is 15.4 Å². The van der Waals surface area contributed by atoms with Gasteiger partial charge in [0.25, 0.3) is 0 Å². The largest absolute Gasteiger partial charge is 0.496 e. The molecule has 0 radical (unpaired) electrons. The van der Waals surface area contributed by atoms with Gasteiger partial charge in [0.15, 0.2) is 0 Å². The van der Waals surface area contributed by atoms with Gasteiger partial charge in [-0.05, 0) is 42.5 Å². The predicted molar refractivity (Wildman–Crippen MR) is 114 cm³/mol. The first-order valence-electron chi connectivity index (χ1n) is 9.87. The number of amides is 2. The van der Waals surface area contributed by atoms with Crippen molar-refractivity contribution in [3.63, 3.8) is 0 Å². The molecule has 0 aliphatic carbocycles. The molecule has 2 aromatic carbocycles. The molecule has 1 heterocycles. The van der Waals surface area contributed by atoms with Crippen molar-refractivity contribution < 1.29 is 18.7 Å². The zero-order valence-corrected chi connectivity index (χ0v) is 17.3. The zero-order chi connectivity index (χ0) is 21.5. The topological polar surface area (TPSA) is 73.9 Å². The van der Waals surface area contributed by atoms with Crippen molar-refractivity contribution in [2.45, 2.75) is 13.5 Å². The van der Waals surface area contributed by atoms with E-state index in [0.717, 1.165) is 31.7 Å². The SMILES string of the molecule is COc1ccc(F)cc1CN1CCN(CC(=O)Nc2ccc(NC(C)=O)cc2)CC1. The van der Waals surface area contributed by atoms with Gasteiger partial charge in [-0.3, -0.25) is 19.4 Å². The molecule has 30 heavy (non-hydrogen) atoms. The molecule has 0 atom stereocenters. The number of nitrogens with zero attached hydrogens (tertiary/aromatic N) is 2. The van der Waals surface area contributed by atoms with Crippen LogP contribution in [0.5, 0.6) is 5.75 Å². The first-order chi connectivity index (χ1) is 14.4. The summed E-state index contributed by atoms with van der Waals surface area (Å²) >= 11 is 0. The molecule has 160 valence electrons. The van der Waals surface area contributed by atoms with E-state index in [4.69, 9.17) is 4.74 Å². The van der Waals surface area contributed by atoms with Crippen molar-refractivity contribution >= 4 is 23.2 Å². The van der Waals surface area contributed by atoms with Gasteiger partial charge >= 0.3 is 0 Å². The lowest BCUT2D eigenvalue weighted by Gasteiger charge is -2.34. The van der Waals surface area contributed by atoms with E-state index in [1.807, 2.05) is 0 Å². The number of piperazine rings is 1. The number of hydrogen-bond acceptors (Lipinski definition) is 5. The van der Waals surface area contributed by atoms with Gasteiger partial charge in [-0.25, -0.2) is 4.39 Å². The quantitative estimate of drug-likeness (QED) is 0.729. The number of benzene rings is 2. The molecule has 1 fully saturated rings. The molecule has 0 bridgehead atoms. The Bertz CT molecular complexity index is 880. The van der Waals surface area contributed by atoms with Gasteiger partial charge in [-0.1, -0.05) is 0 Å². The smallest absolute Gasteiger partial charge is 0.238 e. The molecule has 2 aromatic rings. The number of carbonyl (C=O) groups excluding carboxylic acids is 2. The first-order valence-corrected chi connectivity index (χ1v) is 9.87. The monoisotopic (exact) mass is 414 g/mol. The Balaban J connectivity index is 1.45. The third-order valence-corrected chi connectivity index (χ3v) is 4.96. The van der Waals surface area contributed by atoms with E-state index in [-0.39, 0.29) is 17.6 Å². The molecule has 1 aliphatic rings. The highest BCUT2D eigenvalue weighted by Crippen LogP contribution is 2.21. The second kappa shape index (κ2) is 10.2. The van der Waals surface area contributed by atoms with Crippen molar-refractivity contribution in [1.29, 1.82) is 0 Å². The standard InChI is InChI=1S/C22H27FN4O3/c1-16(28)24-19-4-6-20(7-5-19)25-22(29)15-27-11-9-26(10-12-27)14-17-13-18(23)3-8-21(17)30-2/h3-8,13H,9-12,14-15H2,1-2H3,(H,24,28)(H,25,29). The van der Waals surface area contributed by atoms with E-state index >= 15 is 0 Å². The molecule has 0 saturated carbocycles. The average molecular weight is 414 g/mol. The fourth-order valence-corrected chi connectivity index (χ4v) is 3.46. The Morgan fingerprint density at radius 2 is 1.57 bits per heavy atom. The first kappa shape index (κ1) is 21.7. The molecule has 0 aromatic heterocycles. The average Bonchev–Trinajstić information content (AvgIpc) is 2.71. The summed E-state index contributed by atoms with van der Waals surface area (Å²) in [4.78, 5) is 27.7. The summed E-state index contributed by atoms with van der Waals surface area (Å²) in [6.07, 6.45) is 0. The number of halogens is 1. The summed E-state index contributed by atoms with van der Waals surface area (Å²) in [6, 6.07) is 11.6. The van der Waals surface area contributed by atoms with E-state index < -0.39 is 0 Å². The Morgan fingerprint density at radius 1 is 0.967 bits per heavy atom. The number of carbonyl (C=O) groups is 2. The molecule has 0 spiro atoms. The molecule has 3 rings (SSSR count). The van der Waals surface area contributed by atoms with Crippen molar-refractivity contribution in [3.05, 3.63) is 53.8 Å². The second-order valence-corrected chi connectivity index (χ2v) is 7.32. The molecule has 2 N–H and O–H groups in total. The molecule has 1 aliphatic heterocycles. The highest BCUT2D eigenvalue weighted by Gasteiger charge is 2.20. The van der Waals surface area contributed by atoms with Crippen molar-refractivity contribution in [3.8, 4) is 5.75 Å². The van der Waals surface area contributed by atoms with Crippen LogP contribution in [0, 0.1) is 5.82 Å². The Hall–Kier alpha value is -2.97. The zero-order valence-electron chi connectivity index (χ0n) is 17.3. The van der Waals surface area contributed by atoms with Crippen molar-refractivity contribution in [2.24, 2.45) is 0 Å². The third kappa shape index (κ3) is 6.27. The van der Waals surface area contributed by atoms with E-state index in [0.29, 0.717) is 30.2 Å². The van der Waals surface area contributed by atoms with Gasteiger partial charge in [0, 0.05) is 56.6 Å². The molecule has 1 saturated heterocycles.